The molecule has 0 radical (unpaired) electrons. The van der Waals surface area contributed by atoms with E-state index < -0.39 is 12.5 Å². The second-order valence-corrected chi connectivity index (χ2v) is 6.01. The number of hydrogen-bond acceptors (Lipinski definition) is 4. The average molecular weight is 347 g/mol. The molecular formula is C15H13F4NO2S. The van der Waals surface area contributed by atoms with Gasteiger partial charge in [-0.15, -0.1) is 11.3 Å². The molecule has 1 unspecified atom stereocenters. The van der Waals surface area contributed by atoms with Crippen LogP contribution < -0.4 is 0 Å². The lowest BCUT2D eigenvalue weighted by Gasteiger charge is -2.14. The Morgan fingerprint density at radius 1 is 1.35 bits per heavy atom. The summed E-state index contributed by atoms with van der Waals surface area (Å²) in [5.41, 5.74) is 1.41. The first-order valence-electron chi connectivity index (χ1n) is 6.74. The fourth-order valence-corrected chi connectivity index (χ4v) is 3.35. The summed E-state index contributed by atoms with van der Waals surface area (Å²) in [6.45, 7) is -1.75. The smallest absolute Gasteiger partial charge is 0.379 e. The predicted octanol–water partition coefficient (Wildman–Crippen LogP) is 4.60. The van der Waals surface area contributed by atoms with Crippen LogP contribution in [0.3, 0.4) is 0 Å². The highest BCUT2D eigenvalue weighted by Gasteiger charge is 2.28. The summed E-state index contributed by atoms with van der Waals surface area (Å²) in [4.78, 5) is 17.2. The van der Waals surface area contributed by atoms with Crippen LogP contribution in [0.5, 0.6) is 5.75 Å². The standard InChI is InChI=1S/C14H12FNO2S.CHF3/c1-7-2-4-10-13(12(7)18)19-14(16-10)8-3-5-11(17)9(15)6-8;2-1(3)4/h3,5-7,17H,2,4H2,1H3;1H. The van der Waals surface area contributed by atoms with E-state index in [-0.39, 0.29) is 17.5 Å². The number of halogens is 4. The fraction of sp³-hybridized carbons (Fsp3) is 0.333. The molecule has 0 bridgehead atoms. The molecule has 0 spiro atoms. The highest BCUT2D eigenvalue weighted by atomic mass is 32.1. The van der Waals surface area contributed by atoms with Gasteiger partial charge in [0, 0.05) is 11.5 Å². The summed E-state index contributed by atoms with van der Waals surface area (Å²) in [6.07, 6.45) is 1.61. The zero-order valence-corrected chi connectivity index (χ0v) is 12.8. The minimum Gasteiger partial charge on any atom is -0.505 e. The number of thiazole rings is 1. The van der Waals surface area contributed by atoms with Crippen LogP contribution in [-0.4, -0.2) is 22.6 Å². The van der Waals surface area contributed by atoms with Gasteiger partial charge in [0.25, 0.3) is 0 Å². The number of phenolic OH excluding ortho intramolecular Hbond substituents is 1. The first kappa shape index (κ1) is 17.4. The molecule has 0 saturated heterocycles. The Labute approximate surface area is 133 Å². The molecule has 2 aromatic rings. The quantitative estimate of drug-likeness (QED) is 0.767. The SMILES string of the molecule is CC1CCc2nc(-c3ccc(O)c(F)c3)sc2C1=O.FC(F)F. The first-order valence-corrected chi connectivity index (χ1v) is 7.56. The van der Waals surface area contributed by atoms with Crippen LogP contribution in [0.4, 0.5) is 17.6 Å². The van der Waals surface area contributed by atoms with Gasteiger partial charge in [-0.2, -0.15) is 13.2 Å². The Morgan fingerprint density at radius 3 is 2.61 bits per heavy atom. The monoisotopic (exact) mass is 347 g/mol. The molecule has 1 aliphatic rings. The minimum atomic E-state index is -3.67. The number of Topliss-reactive ketones (excluding diaryl/α,β-unsaturated/α-hetero) is 1. The largest absolute Gasteiger partial charge is 0.505 e. The number of carbonyl (C=O) groups excluding carboxylic acids is 1. The molecule has 3 nitrogen and oxygen atoms in total. The molecule has 1 aliphatic carbocycles. The van der Waals surface area contributed by atoms with Crippen molar-refractivity contribution >= 4 is 17.1 Å². The van der Waals surface area contributed by atoms with Crippen LogP contribution in [0.1, 0.15) is 28.7 Å². The van der Waals surface area contributed by atoms with Gasteiger partial charge in [-0.25, -0.2) is 9.37 Å². The van der Waals surface area contributed by atoms with Crippen LogP contribution in [0.15, 0.2) is 18.2 Å². The van der Waals surface area contributed by atoms with Crippen molar-refractivity contribution in [3.63, 3.8) is 0 Å². The van der Waals surface area contributed by atoms with E-state index in [0.717, 1.165) is 18.5 Å². The Kier molecular flexibility index (Phi) is 5.35. The number of fused-ring (bicyclic) bond motifs is 1. The summed E-state index contributed by atoms with van der Waals surface area (Å²) in [6, 6.07) is 4.15. The third-order valence-corrected chi connectivity index (χ3v) is 4.54. The number of alkyl halides is 3. The molecule has 1 aromatic carbocycles. The average Bonchev–Trinajstić information content (AvgIpc) is 2.90. The van der Waals surface area contributed by atoms with Crippen molar-refractivity contribution < 1.29 is 27.5 Å². The second kappa shape index (κ2) is 7.08. The summed E-state index contributed by atoms with van der Waals surface area (Å²) < 4.78 is 42.3. The van der Waals surface area contributed by atoms with E-state index >= 15 is 0 Å². The highest BCUT2D eigenvalue weighted by Crippen LogP contribution is 2.35. The van der Waals surface area contributed by atoms with Gasteiger partial charge in [0.05, 0.1) is 10.6 Å². The molecule has 23 heavy (non-hydrogen) atoms. The summed E-state index contributed by atoms with van der Waals surface area (Å²) in [5.74, 6) is -0.887. The van der Waals surface area contributed by atoms with Crippen molar-refractivity contribution in [3.8, 4) is 16.3 Å². The number of carbonyl (C=O) groups is 1. The summed E-state index contributed by atoms with van der Waals surface area (Å²) in [5, 5.41) is 9.81. The maximum absolute atomic E-state index is 13.3. The molecule has 0 aliphatic heterocycles. The number of aromatic hydroxyl groups is 1. The van der Waals surface area contributed by atoms with Crippen molar-refractivity contribution in [1.82, 2.24) is 4.98 Å². The molecule has 1 atom stereocenters. The normalized spacial score (nSPS) is 16.8. The predicted molar refractivity (Wildman–Crippen MR) is 78.1 cm³/mol. The molecule has 8 heteroatoms. The van der Waals surface area contributed by atoms with Gasteiger partial charge in [-0.1, -0.05) is 6.92 Å². The van der Waals surface area contributed by atoms with Crippen LogP contribution in [0.2, 0.25) is 0 Å². The molecule has 3 rings (SSSR count). The Hall–Kier alpha value is -1.96. The first-order chi connectivity index (χ1) is 10.8. The third kappa shape index (κ3) is 4.07. The van der Waals surface area contributed by atoms with Gasteiger partial charge in [0.15, 0.2) is 17.3 Å². The highest BCUT2D eigenvalue weighted by molar-refractivity contribution is 7.17. The van der Waals surface area contributed by atoms with E-state index in [0.29, 0.717) is 15.4 Å². The molecule has 124 valence electrons. The molecular weight excluding hydrogens is 334 g/mol. The molecule has 0 amide bonds. The Balaban J connectivity index is 0.000000433. The van der Waals surface area contributed by atoms with E-state index in [9.17, 15) is 27.5 Å². The number of nitrogens with zero attached hydrogens (tertiary/aromatic N) is 1. The number of ketones is 1. The van der Waals surface area contributed by atoms with Gasteiger partial charge in [-0.3, -0.25) is 4.79 Å². The van der Waals surface area contributed by atoms with Crippen molar-refractivity contribution in [2.75, 3.05) is 0 Å². The van der Waals surface area contributed by atoms with Gasteiger partial charge in [0.2, 0.25) is 0 Å². The summed E-state index contributed by atoms with van der Waals surface area (Å²) in [7, 11) is 0. The van der Waals surface area contributed by atoms with Crippen molar-refractivity contribution in [2.24, 2.45) is 5.92 Å². The van der Waals surface area contributed by atoms with Crippen LogP contribution in [0.25, 0.3) is 10.6 Å². The van der Waals surface area contributed by atoms with E-state index in [2.05, 4.69) is 4.98 Å². The number of aryl methyl sites for hydroxylation is 1. The maximum Gasteiger partial charge on any atom is 0.379 e. The lowest BCUT2D eigenvalue weighted by Crippen LogP contribution is -2.18. The molecule has 1 N–H and O–H groups in total. The van der Waals surface area contributed by atoms with E-state index in [1.807, 2.05) is 6.92 Å². The van der Waals surface area contributed by atoms with Crippen molar-refractivity contribution in [3.05, 3.63) is 34.6 Å². The lowest BCUT2D eigenvalue weighted by atomic mass is 9.92. The number of hydrogen-bond donors (Lipinski definition) is 1. The van der Waals surface area contributed by atoms with Crippen molar-refractivity contribution in [2.45, 2.75) is 26.4 Å². The fourth-order valence-electron chi connectivity index (χ4n) is 2.19. The Morgan fingerprint density at radius 2 is 2.00 bits per heavy atom. The number of rotatable bonds is 1. The van der Waals surface area contributed by atoms with Crippen molar-refractivity contribution in [1.29, 1.82) is 0 Å². The number of aromatic nitrogens is 1. The molecule has 0 saturated carbocycles. The number of phenols is 1. The minimum absolute atomic E-state index is 0.0392. The van der Waals surface area contributed by atoms with Gasteiger partial charge < -0.3 is 5.11 Å². The summed E-state index contributed by atoms with van der Waals surface area (Å²) >= 11 is 1.31. The lowest BCUT2D eigenvalue weighted by molar-refractivity contribution is 0.00818. The molecule has 1 heterocycles. The number of benzene rings is 1. The van der Waals surface area contributed by atoms with Crippen LogP contribution >= 0.6 is 11.3 Å². The zero-order chi connectivity index (χ0) is 17.1. The molecule has 1 aromatic heterocycles. The van der Waals surface area contributed by atoms with E-state index in [1.165, 1.54) is 23.5 Å². The van der Waals surface area contributed by atoms with E-state index in [4.69, 9.17) is 0 Å². The maximum atomic E-state index is 13.3. The van der Waals surface area contributed by atoms with E-state index in [1.54, 1.807) is 6.07 Å². The van der Waals surface area contributed by atoms with Gasteiger partial charge >= 0.3 is 6.68 Å². The zero-order valence-electron chi connectivity index (χ0n) is 12.0. The van der Waals surface area contributed by atoms with Crippen LogP contribution in [0, 0.1) is 11.7 Å². The van der Waals surface area contributed by atoms with Gasteiger partial charge in [-0.05, 0) is 31.0 Å². The van der Waals surface area contributed by atoms with Gasteiger partial charge in [0.1, 0.15) is 5.01 Å². The molecule has 0 fully saturated rings. The third-order valence-electron chi connectivity index (χ3n) is 3.38. The second-order valence-electron chi connectivity index (χ2n) is 5.01. The van der Waals surface area contributed by atoms with Crippen LogP contribution in [-0.2, 0) is 6.42 Å². The topological polar surface area (TPSA) is 50.2 Å². The Bertz CT molecular complexity index is 715.